The molecule has 2 aromatic rings. The largest absolute Gasteiger partial charge is 0.377 e. The maximum atomic E-state index is 12.6. The highest BCUT2D eigenvalue weighted by atomic mass is 16.5. The lowest BCUT2D eigenvalue weighted by Crippen LogP contribution is -2.54. The van der Waals surface area contributed by atoms with Crippen molar-refractivity contribution in [1.29, 1.82) is 0 Å². The van der Waals surface area contributed by atoms with Gasteiger partial charge in [-0.3, -0.25) is 14.4 Å². The molecule has 3 amide bonds. The highest BCUT2D eigenvalue weighted by Crippen LogP contribution is 2.27. The Kier molecular flexibility index (Phi) is 5.75. The van der Waals surface area contributed by atoms with Gasteiger partial charge in [0.05, 0.1) is 30.3 Å². The Morgan fingerprint density at radius 2 is 2.03 bits per heavy atom. The molecule has 4 rings (SSSR count). The summed E-state index contributed by atoms with van der Waals surface area (Å²) < 4.78 is 5.47. The second-order valence-corrected chi connectivity index (χ2v) is 7.56. The number of aromatic nitrogens is 2. The average Bonchev–Trinajstić information content (AvgIpc) is 3.45. The first-order valence-corrected chi connectivity index (χ1v) is 9.96. The number of pyridine rings is 1. The van der Waals surface area contributed by atoms with Gasteiger partial charge in [0, 0.05) is 25.8 Å². The Labute approximate surface area is 168 Å². The van der Waals surface area contributed by atoms with Crippen molar-refractivity contribution < 1.29 is 19.1 Å². The van der Waals surface area contributed by atoms with Crippen molar-refractivity contribution in [2.75, 3.05) is 32.8 Å². The lowest BCUT2D eigenvalue weighted by atomic mass is 10.2. The quantitative estimate of drug-likeness (QED) is 0.584. The highest BCUT2D eigenvalue weighted by Gasteiger charge is 2.29. The number of rotatable bonds is 7. The fourth-order valence-electron chi connectivity index (χ4n) is 3.40. The van der Waals surface area contributed by atoms with Crippen molar-refractivity contribution in [2.24, 2.45) is 5.92 Å². The number of carbonyl (C=O) groups excluding carboxylic acids is 3. The van der Waals surface area contributed by atoms with Crippen LogP contribution in [-0.2, 0) is 14.3 Å². The van der Waals surface area contributed by atoms with Gasteiger partial charge in [-0.1, -0.05) is 0 Å². The van der Waals surface area contributed by atoms with Gasteiger partial charge in [0.2, 0.25) is 11.8 Å². The van der Waals surface area contributed by atoms with Gasteiger partial charge in [0.15, 0.2) is 0 Å². The van der Waals surface area contributed by atoms with E-state index in [1.54, 1.807) is 29.3 Å². The fraction of sp³-hybridized carbons (Fsp3) is 0.500. The van der Waals surface area contributed by atoms with Gasteiger partial charge >= 0.3 is 0 Å². The highest BCUT2D eigenvalue weighted by molar-refractivity contribution is 5.97. The molecule has 1 atom stereocenters. The molecular weight excluding hydrogens is 374 g/mol. The molecule has 2 aromatic heterocycles. The van der Waals surface area contributed by atoms with Crippen LogP contribution < -0.4 is 10.6 Å². The number of morpholine rings is 1. The molecule has 2 fully saturated rings. The van der Waals surface area contributed by atoms with Crippen LogP contribution in [0.2, 0.25) is 0 Å². The number of amides is 3. The number of ether oxygens (including phenoxy) is 1. The fourth-order valence-corrected chi connectivity index (χ4v) is 3.40. The van der Waals surface area contributed by atoms with Gasteiger partial charge in [-0.2, -0.15) is 0 Å². The summed E-state index contributed by atoms with van der Waals surface area (Å²) in [5, 5.41) is 5.64. The van der Waals surface area contributed by atoms with Crippen LogP contribution in [-0.4, -0.2) is 71.5 Å². The van der Waals surface area contributed by atoms with Crippen LogP contribution in [0, 0.1) is 5.92 Å². The molecule has 1 aliphatic heterocycles. The van der Waals surface area contributed by atoms with E-state index < -0.39 is 0 Å². The van der Waals surface area contributed by atoms with E-state index in [0.29, 0.717) is 43.4 Å². The molecule has 0 aromatic carbocycles. The van der Waals surface area contributed by atoms with Gasteiger partial charge in [-0.15, -0.1) is 0 Å². The average molecular weight is 399 g/mol. The van der Waals surface area contributed by atoms with Crippen LogP contribution in [0.25, 0.3) is 11.0 Å². The summed E-state index contributed by atoms with van der Waals surface area (Å²) in [4.78, 5) is 46.0. The standard InChI is InChI=1S/C20H25N5O4/c26-18(22-10-13-1-2-13)9-19(27)25-7-8-29-12-14(25)11-23-20(28)17-4-3-15-16(24-17)5-6-21-15/h3-6,13-14,21H,1-2,7-12H2,(H,22,26)(H,23,28). The Hall–Kier alpha value is -2.94. The van der Waals surface area contributed by atoms with Crippen LogP contribution in [0.4, 0.5) is 0 Å². The van der Waals surface area contributed by atoms with Crippen LogP contribution >= 0.6 is 0 Å². The zero-order valence-electron chi connectivity index (χ0n) is 16.1. The summed E-state index contributed by atoms with van der Waals surface area (Å²) in [6.45, 7) is 2.03. The van der Waals surface area contributed by atoms with Gasteiger partial charge < -0.3 is 25.3 Å². The third-order valence-corrected chi connectivity index (χ3v) is 5.28. The second-order valence-electron chi connectivity index (χ2n) is 7.56. The van der Waals surface area contributed by atoms with Gasteiger partial charge in [-0.25, -0.2) is 4.98 Å². The number of nitrogens with one attached hydrogen (secondary N) is 3. The molecule has 1 aliphatic carbocycles. The first-order chi connectivity index (χ1) is 14.1. The second kappa shape index (κ2) is 8.60. The summed E-state index contributed by atoms with van der Waals surface area (Å²) in [5.74, 6) is -0.236. The SMILES string of the molecule is O=C(CC(=O)N1CCOCC1CNC(=O)c1ccc2[nH]ccc2n1)NCC1CC1. The summed E-state index contributed by atoms with van der Waals surface area (Å²) in [7, 11) is 0. The van der Waals surface area contributed by atoms with Crippen LogP contribution in [0.15, 0.2) is 24.4 Å². The van der Waals surface area contributed by atoms with Gasteiger partial charge in [0.1, 0.15) is 12.1 Å². The summed E-state index contributed by atoms with van der Waals surface area (Å²) >= 11 is 0. The number of hydrogen-bond acceptors (Lipinski definition) is 5. The molecule has 0 radical (unpaired) electrons. The molecule has 1 saturated carbocycles. The maximum Gasteiger partial charge on any atom is 0.269 e. The zero-order chi connectivity index (χ0) is 20.2. The molecule has 3 heterocycles. The van der Waals surface area contributed by atoms with Crippen molar-refractivity contribution in [1.82, 2.24) is 25.5 Å². The molecule has 9 nitrogen and oxygen atoms in total. The predicted octanol–water partition coefficient (Wildman–Crippen LogP) is 0.436. The molecule has 0 spiro atoms. The van der Waals surface area contributed by atoms with Gasteiger partial charge in [-0.05, 0) is 37.0 Å². The van der Waals surface area contributed by atoms with Crippen molar-refractivity contribution >= 4 is 28.8 Å². The number of fused-ring (bicyclic) bond motifs is 1. The number of nitrogens with zero attached hydrogens (tertiary/aromatic N) is 2. The molecule has 9 heteroatoms. The van der Waals surface area contributed by atoms with E-state index in [4.69, 9.17) is 4.74 Å². The Morgan fingerprint density at radius 1 is 1.17 bits per heavy atom. The lowest BCUT2D eigenvalue weighted by Gasteiger charge is -2.35. The minimum Gasteiger partial charge on any atom is -0.377 e. The molecule has 29 heavy (non-hydrogen) atoms. The van der Waals surface area contributed by atoms with Crippen molar-refractivity contribution in [3.63, 3.8) is 0 Å². The normalized spacial score (nSPS) is 19.2. The number of H-pyrrole nitrogens is 1. The van der Waals surface area contributed by atoms with Crippen LogP contribution in [0.1, 0.15) is 29.8 Å². The first kappa shape index (κ1) is 19.4. The molecule has 1 saturated heterocycles. The summed E-state index contributed by atoms with van der Waals surface area (Å²) in [5.41, 5.74) is 1.89. The smallest absolute Gasteiger partial charge is 0.269 e. The summed E-state index contributed by atoms with van der Waals surface area (Å²) in [6.07, 6.45) is 3.88. The number of hydrogen-bond donors (Lipinski definition) is 3. The van der Waals surface area contributed by atoms with E-state index in [0.717, 1.165) is 18.4 Å². The Balaban J connectivity index is 1.31. The Morgan fingerprint density at radius 3 is 2.86 bits per heavy atom. The van der Waals surface area contributed by atoms with Crippen LogP contribution in [0.5, 0.6) is 0 Å². The maximum absolute atomic E-state index is 12.6. The third-order valence-electron chi connectivity index (χ3n) is 5.28. The van der Waals surface area contributed by atoms with E-state index >= 15 is 0 Å². The minimum atomic E-state index is -0.313. The van der Waals surface area contributed by atoms with E-state index in [9.17, 15) is 14.4 Å². The molecule has 2 aliphatic rings. The molecule has 154 valence electrons. The van der Waals surface area contributed by atoms with Crippen molar-refractivity contribution in [3.8, 4) is 0 Å². The topological polar surface area (TPSA) is 116 Å². The predicted molar refractivity (Wildman–Crippen MR) is 105 cm³/mol. The van der Waals surface area contributed by atoms with E-state index in [1.165, 1.54) is 0 Å². The molecule has 1 unspecified atom stereocenters. The monoisotopic (exact) mass is 399 g/mol. The third kappa shape index (κ3) is 4.92. The molecule has 3 N–H and O–H groups in total. The Bertz CT molecular complexity index is 907. The van der Waals surface area contributed by atoms with Gasteiger partial charge in [0.25, 0.3) is 5.91 Å². The van der Waals surface area contributed by atoms with Crippen molar-refractivity contribution in [3.05, 3.63) is 30.1 Å². The van der Waals surface area contributed by atoms with E-state index in [2.05, 4.69) is 20.6 Å². The number of carbonyl (C=O) groups is 3. The van der Waals surface area contributed by atoms with Crippen molar-refractivity contribution in [2.45, 2.75) is 25.3 Å². The zero-order valence-corrected chi connectivity index (χ0v) is 16.1. The number of aromatic amines is 1. The van der Waals surface area contributed by atoms with Crippen LogP contribution in [0.3, 0.4) is 0 Å². The molecule has 0 bridgehead atoms. The summed E-state index contributed by atoms with van der Waals surface area (Å²) in [6, 6.07) is 4.94. The first-order valence-electron chi connectivity index (χ1n) is 9.96. The van der Waals surface area contributed by atoms with E-state index in [-0.39, 0.29) is 36.7 Å². The van der Waals surface area contributed by atoms with E-state index in [1.807, 2.05) is 0 Å². The lowest BCUT2D eigenvalue weighted by molar-refractivity contribution is -0.142. The minimum absolute atomic E-state index is 0.178. The molecular formula is C20H25N5O4.